The first-order valence-corrected chi connectivity index (χ1v) is 6.65. The van der Waals surface area contributed by atoms with E-state index in [-0.39, 0.29) is 11.8 Å². The molecule has 2 rings (SSSR count). The molecule has 1 aliphatic heterocycles. The lowest BCUT2D eigenvalue weighted by atomic mass is 9.86. The minimum atomic E-state index is -2.61. The number of carbonyl (C=O) groups is 1. The normalized spacial score (nSPS) is 33.4. The zero-order chi connectivity index (χ0) is 10.3. The van der Waals surface area contributed by atoms with Gasteiger partial charge in [0.1, 0.15) is 0 Å². The van der Waals surface area contributed by atoms with E-state index in [1.165, 1.54) is 6.26 Å². The zero-order valence-corrected chi connectivity index (χ0v) is 8.88. The molecule has 1 aliphatic carbocycles. The fourth-order valence-corrected chi connectivity index (χ4v) is 3.03. The van der Waals surface area contributed by atoms with Crippen LogP contribution in [0.5, 0.6) is 0 Å². The second kappa shape index (κ2) is 3.25. The van der Waals surface area contributed by atoms with Gasteiger partial charge in [-0.15, -0.1) is 0 Å². The molecule has 3 N–H and O–H groups in total. The predicted molar refractivity (Wildman–Crippen MR) is 56.1 cm³/mol. The third kappa shape index (κ3) is 1.67. The maximum atomic E-state index is 11.4. The van der Waals surface area contributed by atoms with Crippen molar-refractivity contribution in [2.75, 3.05) is 12.8 Å². The molecular formula is C9H15NO3S. The van der Waals surface area contributed by atoms with Crippen molar-refractivity contribution in [3.05, 3.63) is 11.0 Å². The third-order valence-corrected chi connectivity index (χ3v) is 4.31. The van der Waals surface area contributed by atoms with E-state index in [9.17, 15) is 13.9 Å². The van der Waals surface area contributed by atoms with Crippen LogP contribution in [0.1, 0.15) is 12.8 Å². The van der Waals surface area contributed by atoms with Crippen LogP contribution in [0.15, 0.2) is 11.0 Å². The summed E-state index contributed by atoms with van der Waals surface area (Å²) in [7, 11) is -2.61. The van der Waals surface area contributed by atoms with E-state index < -0.39 is 10.6 Å². The molecule has 0 aromatic rings. The summed E-state index contributed by atoms with van der Waals surface area (Å²) in [5, 5.41) is 2.80. The van der Waals surface area contributed by atoms with E-state index >= 15 is 0 Å². The van der Waals surface area contributed by atoms with Gasteiger partial charge in [0.15, 0.2) is 0 Å². The summed E-state index contributed by atoms with van der Waals surface area (Å²) in [5.74, 6) is 0.244. The Balaban J connectivity index is 2.23. The summed E-state index contributed by atoms with van der Waals surface area (Å²) in [6, 6.07) is 0. The average Bonchev–Trinajstić information content (AvgIpc) is 2.46. The monoisotopic (exact) mass is 217 g/mol. The van der Waals surface area contributed by atoms with E-state index in [1.54, 1.807) is 6.08 Å². The van der Waals surface area contributed by atoms with E-state index in [2.05, 4.69) is 5.32 Å². The molecule has 0 spiro atoms. The molecule has 5 heteroatoms. The van der Waals surface area contributed by atoms with Crippen LogP contribution in [0.25, 0.3) is 0 Å². The van der Waals surface area contributed by atoms with Gasteiger partial charge in [-0.1, -0.05) is 6.08 Å². The fourth-order valence-electron chi connectivity index (χ4n) is 2.12. The molecule has 1 heterocycles. The lowest BCUT2D eigenvalue weighted by Crippen LogP contribution is -2.21. The highest BCUT2D eigenvalue weighted by Gasteiger charge is 2.37. The molecule has 1 saturated heterocycles. The lowest BCUT2D eigenvalue weighted by Gasteiger charge is -2.34. The van der Waals surface area contributed by atoms with Gasteiger partial charge in [-0.25, -0.2) is 0 Å². The molecular weight excluding hydrogens is 202 g/mol. The molecule has 4 nitrogen and oxygen atoms in total. The molecule has 0 bridgehead atoms. The summed E-state index contributed by atoms with van der Waals surface area (Å²) in [6.07, 6.45) is 4.76. The van der Waals surface area contributed by atoms with Gasteiger partial charge in [0, 0.05) is 17.7 Å². The fraction of sp³-hybridized carbons (Fsp3) is 0.667. The Morgan fingerprint density at radius 1 is 1.57 bits per heavy atom. The van der Waals surface area contributed by atoms with E-state index in [4.69, 9.17) is 0 Å². The molecule has 0 radical (unpaired) electrons. The van der Waals surface area contributed by atoms with Crippen LogP contribution in [-0.2, 0) is 4.79 Å². The number of nitrogens with one attached hydrogen (secondary N) is 1. The van der Waals surface area contributed by atoms with Crippen molar-refractivity contribution in [2.24, 2.45) is 11.8 Å². The number of amides is 1. The maximum absolute atomic E-state index is 11.4. The maximum Gasteiger partial charge on any atom is 0.227 e. The van der Waals surface area contributed by atoms with E-state index in [0.717, 1.165) is 13.0 Å². The molecule has 14 heavy (non-hydrogen) atoms. The van der Waals surface area contributed by atoms with Gasteiger partial charge in [-0.2, -0.15) is 10.6 Å². The minimum Gasteiger partial charge on any atom is -0.355 e. The van der Waals surface area contributed by atoms with Crippen molar-refractivity contribution in [1.29, 1.82) is 0 Å². The van der Waals surface area contributed by atoms with Gasteiger partial charge >= 0.3 is 0 Å². The number of carbonyl (C=O) groups excluding carboxylic acids is 1. The molecule has 0 aromatic carbocycles. The Hall–Kier alpha value is -0.520. The molecule has 1 fully saturated rings. The summed E-state index contributed by atoms with van der Waals surface area (Å²) in [5.41, 5.74) is 0. The SMILES string of the molecule is CS(O)(O)C1=CC2C(=O)NCC2CC1. The largest absolute Gasteiger partial charge is 0.355 e. The Kier molecular flexibility index (Phi) is 2.33. The Bertz CT molecular complexity index is 295. The van der Waals surface area contributed by atoms with E-state index in [0.29, 0.717) is 17.2 Å². The van der Waals surface area contributed by atoms with Crippen molar-refractivity contribution in [3.8, 4) is 0 Å². The van der Waals surface area contributed by atoms with Gasteiger partial charge < -0.3 is 5.32 Å². The summed E-state index contributed by atoms with van der Waals surface area (Å²) in [4.78, 5) is 12.0. The van der Waals surface area contributed by atoms with Crippen LogP contribution in [0, 0.1) is 11.8 Å². The topological polar surface area (TPSA) is 69.6 Å². The van der Waals surface area contributed by atoms with Gasteiger partial charge in [-0.3, -0.25) is 13.9 Å². The highest BCUT2D eigenvalue weighted by Crippen LogP contribution is 2.50. The second-order valence-corrected chi connectivity index (χ2v) is 6.23. The molecule has 1 amide bonds. The first kappa shape index (κ1) is 10.0. The van der Waals surface area contributed by atoms with E-state index in [1.807, 2.05) is 0 Å². The molecule has 80 valence electrons. The highest BCUT2D eigenvalue weighted by molar-refractivity contribution is 8.27. The smallest absolute Gasteiger partial charge is 0.227 e. The van der Waals surface area contributed by atoms with Crippen molar-refractivity contribution in [1.82, 2.24) is 5.32 Å². The van der Waals surface area contributed by atoms with Crippen molar-refractivity contribution < 1.29 is 13.9 Å². The third-order valence-electron chi connectivity index (χ3n) is 2.97. The average molecular weight is 217 g/mol. The first-order chi connectivity index (χ1) is 6.48. The standard InChI is InChI=1S/C9H15NO3S/c1-14(12,13)7-3-2-6-5-10-9(11)8(6)4-7/h4,6,8,12-13H,2-3,5H2,1H3,(H,10,11). The van der Waals surface area contributed by atoms with Crippen LogP contribution in [0.2, 0.25) is 0 Å². The molecule has 0 aromatic heterocycles. The Morgan fingerprint density at radius 3 is 2.93 bits per heavy atom. The number of hydrogen-bond donors (Lipinski definition) is 3. The van der Waals surface area contributed by atoms with Crippen molar-refractivity contribution >= 4 is 16.5 Å². The molecule has 2 unspecified atom stereocenters. The van der Waals surface area contributed by atoms with Crippen LogP contribution in [0.4, 0.5) is 0 Å². The number of fused-ring (bicyclic) bond motifs is 1. The zero-order valence-electron chi connectivity index (χ0n) is 8.06. The van der Waals surface area contributed by atoms with Gasteiger partial charge in [0.2, 0.25) is 5.91 Å². The first-order valence-electron chi connectivity index (χ1n) is 4.70. The van der Waals surface area contributed by atoms with Crippen molar-refractivity contribution in [3.63, 3.8) is 0 Å². The van der Waals surface area contributed by atoms with Gasteiger partial charge in [-0.05, 0) is 18.8 Å². The molecule has 0 saturated carbocycles. The quantitative estimate of drug-likeness (QED) is 0.622. The Labute approximate surface area is 84.7 Å². The van der Waals surface area contributed by atoms with Crippen LogP contribution in [0.3, 0.4) is 0 Å². The minimum absolute atomic E-state index is 0.0239. The number of hydrogen-bond acceptors (Lipinski definition) is 3. The van der Waals surface area contributed by atoms with Gasteiger partial charge in [0.25, 0.3) is 0 Å². The number of allylic oxidation sites excluding steroid dienone is 1. The predicted octanol–water partition coefficient (Wildman–Crippen LogP) is 1.41. The molecule has 2 aliphatic rings. The van der Waals surface area contributed by atoms with Gasteiger partial charge in [0.05, 0.1) is 5.92 Å². The lowest BCUT2D eigenvalue weighted by molar-refractivity contribution is -0.121. The summed E-state index contributed by atoms with van der Waals surface area (Å²) < 4.78 is 19.0. The second-order valence-electron chi connectivity index (χ2n) is 4.04. The summed E-state index contributed by atoms with van der Waals surface area (Å²) >= 11 is 0. The van der Waals surface area contributed by atoms with Crippen LogP contribution >= 0.6 is 10.6 Å². The van der Waals surface area contributed by atoms with Crippen molar-refractivity contribution in [2.45, 2.75) is 12.8 Å². The van der Waals surface area contributed by atoms with Crippen LogP contribution in [-0.4, -0.2) is 27.8 Å². The summed E-state index contributed by atoms with van der Waals surface area (Å²) in [6.45, 7) is 0.732. The highest BCUT2D eigenvalue weighted by atomic mass is 32.3. The molecule has 2 atom stereocenters. The number of rotatable bonds is 1. The Morgan fingerprint density at radius 2 is 2.29 bits per heavy atom. The van der Waals surface area contributed by atoms with Crippen LogP contribution < -0.4 is 5.32 Å².